The summed E-state index contributed by atoms with van der Waals surface area (Å²) in [5.41, 5.74) is 7.37. The van der Waals surface area contributed by atoms with Crippen molar-refractivity contribution >= 4 is 11.6 Å². The second-order valence-corrected chi connectivity index (χ2v) is 4.27. The Balaban J connectivity index is 2.54. The zero-order chi connectivity index (χ0) is 14.1. The maximum atomic E-state index is 12.0. The monoisotopic (exact) mass is 265 g/mol. The summed E-state index contributed by atoms with van der Waals surface area (Å²) in [7, 11) is 1.66. The quantitative estimate of drug-likeness (QED) is 0.737. The smallest absolute Gasteiger partial charge is 0.238 e. The lowest BCUT2D eigenvalue weighted by Crippen LogP contribution is -2.35. The van der Waals surface area contributed by atoms with Crippen LogP contribution >= 0.6 is 0 Å². The van der Waals surface area contributed by atoms with Gasteiger partial charge in [0.05, 0.1) is 13.2 Å². The number of nitrogens with one attached hydrogen (secondary N) is 1. The molecule has 1 aromatic carbocycles. The van der Waals surface area contributed by atoms with Gasteiger partial charge in [-0.3, -0.25) is 9.69 Å². The Morgan fingerprint density at radius 3 is 2.79 bits per heavy atom. The fourth-order valence-electron chi connectivity index (χ4n) is 1.78. The highest BCUT2D eigenvalue weighted by molar-refractivity contribution is 5.92. The summed E-state index contributed by atoms with van der Waals surface area (Å²) in [5, 5.41) is 2.90. The number of ether oxygens (including phenoxy) is 1. The molecule has 1 aromatic rings. The predicted molar refractivity (Wildman–Crippen MR) is 77.0 cm³/mol. The van der Waals surface area contributed by atoms with Crippen LogP contribution in [0.1, 0.15) is 12.5 Å². The van der Waals surface area contributed by atoms with E-state index < -0.39 is 0 Å². The Labute approximate surface area is 114 Å². The topological polar surface area (TPSA) is 67.6 Å². The van der Waals surface area contributed by atoms with E-state index >= 15 is 0 Å². The van der Waals surface area contributed by atoms with Gasteiger partial charge in [0.2, 0.25) is 5.91 Å². The van der Waals surface area contributed by atoms with Crippen molar-refractivity contribution in [1.29, 1.82) is 0 Å². The van der Waals surface area contributed by atoms with Crippen LogP contribution in [0.5, 0.6) is 0 Å². The van der Waals surface area contributed by atoms with Crippen LogP contribution in [0.3, 0.4) is 0 Å². The second-order valence-electron chi connectivity index (χ2n) is 4.27. The van der Waals surface area contributed by atoms with Gasteiger partial charge in [0.25, 0.3) is 0 Å². The molecule has 0 aliphatic carbocycles. The normalized spacial score (nSPS) is 10.7. The highest BCUT2D eigenvalue weighted by Crippen LogP contribution is 2.13. The molecule has 0 unspecified atom stereocenters. The van der Waals surface area contributed by atoms with Crippen LogP contribution in [-0.2, 0) is 16.1 Å². The summed E-state index contributed by atoms with van der Waals surface area (Å²) in [6.45, 7) is 4.99. The number of anilines is 1. The summed E-state index contributed by atoms with van der Waals surface area (Å²) >= 11 is 0. The van der Waals surface area contributed by atoms with Crippen molar-refractivity contribution in [3.05, 3.63) is 29.8 Å². The average Bonchev–Trinajstić information content (AvgIpc) is 2.44. The number of rotatable bonds is 8. The molecule has 0 heterocycles. The Morgan fingerprint density at radius 2 is 2.16 bits per heavy atom. The van der Waals surface area contributed by atoms with Crippen LogP contribution in [0, 0.1) is 0 Å². The van der Waals surface area contributed by atoms with Crippen LogP contribution in [-0.4, -0.2) is 44.2 Å². The molecule has 0 atom stereocenters. The van der Waals surface area contributed by atoms with Crippen molar-refractivity contribution in [2.75, 3.05) is 38.7 Å². The molecule has 1 amide bonds. The molecule has 0 aromatic heterocycles. The van der Waals surface area contributed by atoms with E-state index in [-0.39, 0.29) is 5.91 Å². The highest BCUT2D eigenvalue weighted by atomic mass is 16.5. The molecule has 0 spiro atoms. The van der Waals surface area contributed by atoms with Gasteiger partial charge in [-0.15, -0.1) is 0 Å². The van der Waals surface area contributed by atoms with Crippen molar-refractivity contribution < 1.29 is 9.53 Å². The summed E-state index contributed by atoms with van der Waals surface area (Å²) in [6.07, 6.45) is 0. The second kappa shape index (κ2) is 8.63. The van der Waals surface area contributed by atoms with E-state index in [1.807, 2.05) is 36.1 Å². The van der Waals surface area contributed by atoms with Crippen LogP contribution in [0.15, 0.2) is 24.3 Å². The highest BCUT2D eigenvalue weighted by Gasteiger charge is 2.10. The first-order valence-electron chi connectivity index (χ1n) is 6.50. The molecule has 0 radical (unpaired) electrons. The maximum Gasteiger partial charge on any atom is 0.238 e. The van der Waals surface area contributed by atoms with Crippen molar-refractivity contribution in [3.8, 4) is 0 Å². The van der Waals surface area contributed by atoms with E-state index in [4.69, 9.17) is 10.5 Å². The number of para-hydroxylation sites is 1. The minimum atomic E-state index is -0.0288. The van der Waals surface area contributed by atoms with Crippen LogP contribution < -0.4 is 11.1 Å². The fraction of sp³-hybridized carbons (Fsp3) is 0.500. The molecule has 0 bridgehead atoms. The molecule has 0 saturated heterocycles. The molecule has 5 heteroatoms. The van der Waals surface area contributed by atoms with Crippen molar-refractivity contribution in [2.45, 2.75) is 13.5 Å². The summed E-state index contributed by atoms with van der Waals surface area (Å²) in [6, 6.07) is 7.58. The first-order chi connectivity index (χ1) is 9.21. The van der Waals surface area contributed by atoms with E-state index in [9.17, 15) is 4.79 Å². The summed E-state index contributed by atoms with van der Waals surface area (Å²) in [4.78, 5) is 14.0. The molecule has 0 fully saturated rings. The standard InChI is InChI=1S/C14H23N3O2/c1-3-17(8-9-19-2)11-14(18)16-13-7-5-4-6-12(13)10-15/h4-7H,3,8-11,15H2,1-2H3,(H,16,18). The molecular weight excluding hydrogens is 242 g/mol. The van der Waals surface area contributed by atoms with Crippen LogP contribution in [0.25, 0.3) is 0 Å². The Kier molecular flexibility index (Phi) is 7.10. The predicted octanol–water partition coefficient (Wildman–Crippen LogP) is 1.05. The number of amides is 1. The van der Waals surface area contributed by atoms with Gasteiger partial charge < -0.3 is 15.8 Å². The van der Waals surface area contributed by atoms with Crippen LogP contribution in [0.4, 0.5) is 5.69 Å². The molecule has 1 rings (SSSR count). The Bertz CT molecular complexity index is 396. The number of hydrogen-bond acceptors (Lipinski definition) is 4. The molecule has 3 N–H and O–H groups in total. The first kappa shape index (κ1) is 15.6. The number of methoxy groups -OCH3 is 1. The third-order valence-corrected chi connectivity index (χ3v) is 2.94. The first-order valence-corrected chi connectivity index (χ1v) is 6.50. The van der Waals surface area contributed by atoms with Gasteiger partial charge in [0.15, 0.2) is 0 Å². The minimum Gasteiger partial charge on any atom is -0.383 e. The number of likely N-dealkylation sites (N-methyl/N-ethyl adjacent to an activating group) is 1. The molecule has 19 heavy (non-hydrogen) atoms. The van der Waals surface area contributed by atoms with Gasteiger partial charge in [-0.1, -0.05) is 25.1 Å². The van der Waals surface area contributed by atoms with Gasteiger partial charge in [-0.2, -0.15) is 0 Å². The van der Waals surface area contributed by atoms with Crippen molar-refractivity contribution in [1.82, 2.24) is 4.90 Å². The zero-order valence-electron chi connectivity index (χ0n) is 11.7. The van der Waals surface area contributed by atoms with Gasteiger partial charge >= 0.3 is 0 Å². The third-order valence-electron chi connectivity index (χ3n) is 2.94. The number of hydrogen-bond donors (Lipinski definition) is 2. The van der Waals surface area contributed by atoms with Gasteiger partial charge in [-0.25, -0.2) is 0 Å². The number of benzene rings is 1. The van der Waals surface area contributed by atoms with Crippen molar-refractivity contribution in [2.24, 2.45) is 5.73 Å². The van der Waals surface area contributed by atoms with Gasteiger partial charge in [0, 0.05) is 25.9 Å². The molecular formula is C14H23N3O2. The SMILES string of the molecule is CCN(CCOC)CC(=O)Nc1ccccc1CN. The Morgan fingerprint density at radius 1 is 1.42 bits per heavy atom. The van der Waals surface area contributed by atoms with Gasteiger partial charge in [0.1, 0.15) is 0 Å². The largest absolute Gasteiger partial charge is 0.383 e. The lowest BCUT2D eigenvalue weighted by Gasteiger charge is -2.19. The fourth-order valence-corrected chi connectivity index (χ4v) is 1.78. The Hall–Kier alpha value is -1.43. The number of carbonyl (C=O) groups is 1. The molecule has 106 valence electrons. The number of carbonyl (C=O) groups excluding carboxylic acids is 1. The average molecular weight is 265 g/mol. The van der Waals surface area contributed by atoms with E-state index in [0.717, 1.165) is 24.3 Å². The molecule has 0 aliphatic rings. The van der Waals surface area contributed by atoms with Gasteiger partial charge in [-0.05, 0) is 18.2 Å². The third kappa shape index (κ3) is 5.38. The lowest BCUT2D eigenvalue weighted by molar-refractivity contribution is -0.117. The molecule has 0 saturated carbocycles. The minimum absolute atomic E-state index is 0.0288. The van der Waals surface area contributed by atoms with E-state index in [0.29, 0.717) is 19.7 Å². The van der Waals surface area contributed by atoms with Crippen molar-refractivity contribution in [3.63, 3.8) is 0 Å². The van der Waals surface area contributed by atoms with E-state index in [2.05, 4.69) is 5.32 Å². The summed E-state index contributed by atoms with van der Waals surface area (Å²) in [5.74, 6) is -0.0288. The van der Waals surface area contributed by atoms with Crippen LogP contribution in [0.2, 0.25) is 0 Å². The number of nitrogens with zero attached hydrogens (tertiary/aromatic N) is 1. The zero-order valence-corrected chi connectivity index (χ0v) is 11.7. The molecule has 0 aliphatic heterocycles. The maximum absolute atomic E-state index is 12.0. The molecule has 5 nitrogen and oxygen atoms in total. The lowest BCUT2D eigenvalue weighted by atomic mass is 10.2. The number of nitrogens with two attached hydrogens (primary N) is 1. The van der Waals surface area contributed by atoms with E-state index in [1.54, 1.807) is 7.11 Å². The summed E-state index contributed by atoms with van der Waals surface area (Å²) < 4.78 is 5.02. The van der Waals surface area contributed by atoms with E-state index in [1.165, 1.54) is 0 Å².